The summed E-state index contributed by atoms with van der Waals surface area (Å²) in [6, 6.07) is 9.04. The Morgan fingerprint density at radius 2 is 1.94 bits per heavy atom. The summed E-state index contributed by atoms with van der Waals surface area (Å²) in [6.45, 7) is 4.13. The van der Waals surface area contributed by atoms with Gasteiger partial charge in [-0.1, -0.05) is 38.1 Å². The summed E-state index contributed by atoms with van der Waals surface area (Å²) in [6.07, 6.45) is 4.37. The number of ether oxygens (including phenoxy) is 1. The Morgan fingerprint density at radius 1 is 1.28 bits per heavy atom. The standard InChI is InChI=1S/C15H17ClO2/c1-15(2)10-12(16)8-9-13(15)18-14(17)11-6-4-3-5-7-11/h3-9,12-13H,10H2,1-2H3/t12-,13+/m0/s1. The minimum atomic E-state index is -0.286. The van der Waals surface area contributed by atoms with Gasteiger partial charge < -0.3 is 4.74 Å². The molecule has 0 aromatic heterocycles. The first-order chi connectivity index (χ1) is 8.49. The topological polar surface area (TPSA) is 26.3 Å². The smallest absolute Gasteiger partial charge is 0.338 e. The second-order valence-corrected chi connectivity index (χ2v) is 5.85. The lowest BCUT2D eigenvalue weighted by atomic mass is 9.78. The molecule has 0 unspecified atom stereocenters. The van der Waals surface area contributed by atoms with E-state index in [0.717, 1.165) is 6.42 Å². The third-order valence-electron chi connectivity index (χ3n) is 3.23. The van der Waals surface area contributed by atoms with Gasteiger partial charge in [0.2, 0.25) is 0 Å². The molecule has 0 heterocycles. The Morgan fingerprint density at radius 3 is 2.56 bits per heavy atom. The van der Waals surface area contributed by atoms with Gasteiger partial charge in [0.05, 0.1) is 10.9 Å². The fraction of sp³-hybridized carbons (Fsp3) is 0.400. The van der Waals surface area contributed by atoms with Crippen LogP contribution in [0.3, 0.4) is 0 Å². The van der Waals surface area contributed by atoms with Crippen molar-refractivity contribution in [2.45, 2.75) is 31.7 Å². The van der Waals surface area contributed by atoms with E-state index in [1.54, 1.807) is 12.1 Å². The monoisotopic (exact) mass is 264 g/mol. The van der Waals surface area contributed by atoms with Crippen LogP contribution in [-0.4, -0.2) is 17.5 Å². The Kier molecular flexibility index (Phi) is 3.76. The predicted octanol–water partition coefficient (Wildman–Crippen LogP) is 3.81. The SMILES string of the molecule is CC1(C)C[C@@H](Cl)C=C[C@H]1OC(=O)c1ccccc1. The molecule has 96 valence electrons. The molecular formula is C15H17ClO2. The molecular weight excluding hydrogens is 248 g/mol. The van der Waals surface area contributed by atoms with Gasteiger partial charge in [0, 0.05) is 5.41 Å². The van der Waals surface area contributed by atoms with Gasteiger partial charge in [0.1, 0.15) is 6.10 Å². The van der Waals surface area contributed by atoms with Gasteiger partial charge in [0.15, 0.2) is 0 Å². The summed E-state index contributed by atoms with van der Waals surface area (Å²) >= 11 is 6.09. The molecule has 0 N–H and O–H groups in total. The van der Waals surface area contributed by atoms with Gasteiger partial charge in [0.25, 0.3) is 0 Å². The van der Waals surface area contributed by atoms with E-state index in [-0.39, 0.29) is 22.9 Å². The molecule has 1 aliphatic carbocycles. The number of carbonyl (C=O) groups is 1. The average molecular weight is 265 g/mol. The van der Waals surface area contributed by atoms with Crippen molar-refractivity contribution >= 4 is 17.6 Å². The maximum atomic E-state index is 12.0. The largest absolute Gasteiger partial charge is 0.454 e. The molecule has 18 heavy (non-hydrogen) atoms. The predicted molar refractivity (Wildman–Crippen MR) is 72.8 cm³/mol. The van der Waals surface area contributed by atoms with Crippen LogP contribution in [0, 0.1) is 5.41 Å². The van der Waals surface area contributed by atoms with Crippen LogP contribution in [0.15, 0.2) is 42.5 Å². The molecule has 3 heteroatoms. The van der Waals surface area contributed by atoms with Gasteiger partial charge in [-0.3, -0.25) is 0 Å². The Labute approximate surface area is 113 Å². The molecule has 1 aromatic rings. The zero-order valence-corrected chi connectivity index (χ0v) is 11.4. The fourth-order valence-electron chi connectivity index (χ4n) is 2.13. The normalized spacial score (nSPS) is 25.7. The highest BCUT2D eigenvalue weighted by Crippen LogP contribution is 2.36. The Balaban J connectivity index is 2.10. The lowest BCUT2D eigenvalue weighted by molar-refractivity contribution is 0.00655. The molecule has 0 radical (unpaired) electrons. The number of carbonyl (C=O) groups excluding carboxylic acids is 1. The summed E-state index contributed by atoms with van der Waals surface area (Å²) in [5.74, 6) is -0.286. The minimum Gasteiger partial charge on any atom is -0.454 e. The van der Waals surface area contributed by atoms with Crippen molar-refractivity contribution in [3.8, 4) is 0 Å². The van der Waals surface area contributed by atoms with E-state index in [0.29, 0.717) is 5.56 Å². The van der Waals surface area contributed by atoms with E-state index in [1.807, 2.05) is 30.4 Å². The molecule has 0 saturated carbocycles. The van der Waals surface area contributed by atoms with E-state index in [2.05, 4.69) is 13.8 Å². The van der Waals surface area contributed by atoms with E-state index < -0.39 is 0 Å². The van der Waals surface area contributed by atoms with Gasteiger partial charge in [-0.15, -0.1) is 11.6 Å². The van der Waals surface area contributed by atoms with Crippen molar-refractivity contribution < 1.29 is 9.53 Å². The number of esters is 1. The number of allylic oxidation sites excluding steroid dienone is 1. The molecule has 1 aromatic carbocycles. The number of benzene rings is 1. The van der Waals surface area contributed by atoms with Crippen molar-refractivity contribution in [2.24, 2.45) is 5.41 Å². The third-order valence-corrected chi connectivity index (χ3v) is 3.53. The number of hydrogen-bond donors (Lipinski definition) is 0. The first kappa shape index (κ1) is 13.2. The van der Waals surface area contributed by atoms with Crippen molar-refractivity contribution in [1.29, 1.82) is 0 Å². The molecule has 0 aliphatic heterocycles. The first-order valence-corrected chi connectivity index (χ1v) is 6.51. The van der Waals surface area contributed by atoms with Gasteiger partial charge in [-0.25, -0.2) is 4.79 Å². The van der Waals surface area contributed by atoms with E-state index in [4.69, 9.17) is 16.3 Å². The average Bonchev–Trinajstić information content (AvgIpc) is 2.33. The van der Waals surface area contributed by atoms with Crippen molar-refractivity contribution in [1.82, 2.24) is 0 Å². The molecule has 2 atom stereocenters. The van der Waals surface area contributed by atoms with Gasteiger partial charge in [-0.2, -0.15) is 0 Å². The lowest BCUT2D eigenvalue weighted by Crippen LogP contribution is -2.37. The van der Waals surface area contributed by atoms with Crippen LogP contribution in [0.2, 0.25) is 0 Å². The number of alkyl halides is 1. The van der Waals surface area contributed by atoms with Gasteiger partial charge >= 0.3 is 5.97 Å². The summed E-state index contributed by atoms with van der Waals surface area (Å²) in [5, 5.41) is 0.0201. The van der Waals surface area contributed by atoms with E-state index in [9.17, 15) is 4.79 Å². The second-order valence-electron chi connectivity index (χ2n) is 5.29. The molecule has 2 rings (SSSR count). The van der Waals surface area contributed by atoms with Crippen LogP contribution in [-0.2, 0) is 4.74 Å². The highest BCUT2D eigenvalue weighted by molar-refractivity contribution is 6.21. The fourth-order valence-corrected chi connectivity index (χ4v) is 2.61. The van der Waals surface area contributed by atoms with E-state index in [1.165, 1.54) is 0 Å². The van der Waals surface area contributed by atoms with Crippen LogP contribution >= 0.6 is 11.6 Å². The molecule has 0 fully saturated rings. The molecule has 1 aliphatic rings. The molecule has 0 amide bonds. The molecule has 0 saturated heterocycles. The van der Waals surface area contributed by atoms with Crippen molar-refractivity contribution in [2.75, 3.05) is 0 Å². The first-order valence-electron chi connectivity index (χ1n) is 6.07. The lowest BCUT2D eigenvalue weighted by Gasteiger charge is -2.36. The zero-order valence-electron chi connectivity index (χ0n) is 10.6. The van der Waals surface area contributed by atoms with Crippen LogP contribution < -0.4 is 0 Å². The minimum absolute atomic E-state index is 0.0201. The van der Waals surface area contributed by atoms with Gasteiger partial charge in [-0.05, 0) is 24.6 Å². The maximum Gasteiger partial charge on any atom is 0.338 e. The highest BCUT2D eigenvalue weighted by atomic mass is 35.5. The summed E-state index contributed by atoms with van der Waals surface area (Å²) in [7, 11) is 0. The summed E-state index contributed by atoms with van der Waals surface area (Å²) in [5.41, 5.74) is 0.445. The maximum absolute atomic E-state index is 12.0. The Hall–Kier alpha value is -1.28. The molecule has 0 bridgehead atoms. The second kappa shape index (κ2) is 5.15. The van der Waals surface area contributed by atoms with Crippen LogP contribution in [0.1, 0.15) is 30.6 Å². The molecule has 2 nitrogen and oxygen atoms in total. The number of hydrogen-bond acceptors (Lipinski definition) is 2. The van der Waals surface area contributed by atoms with Crippen LogP contribution in [0.5, 0.6) is 0 Å². The zero-order chi connectivity index (χ0) is 13.2. The van der Waals surface area contributed by atoms with Crippen LogP contribution in [0.4, 0.5) is 0 Å². The van der Waals surface area contributed by atoms with Crippen LogP contribution in [0.25, 0.3) is 0 Å². The van der Waals surface area contributed by atoms with Crippen molar-refractivity contribution in [3.63, 3.8) is 0 Å². The number of halogens is 1. The van der Waals surface area contributed by atoms with E-state index >= 15 is 0 Å². The number of rotatable bonds is 2. The highest BCUT2D eigenvalue weighted by Gasteiger charge is 2.35. The third kappa shape index (κ3) is 2.94. The van der Waals surface area contributed by atoms with Crippen molar-refractivity contribution in [3.05, 3.63) is 48.0 Å². The quantitative estimate of drug-likeness (QED) is 0.461. The summed E-state index contributed by atoms with van der Waals surface area (Å²) in [4.78, 5) is 12.0. The summed E-state index contributed by atoms with van der Waals surface area (Å²) < 4.78 is 5.56. The molecule has 0 spiro atoms. The Bertz CT molecular complexity index is 451.